The van der Waals surface area contributed by atoms with E-state index in [0.717, 1.165) is 22.2 Å². The maximum Gasteiger partial charge on any atom is 0.290 e. The molecule has 2 N–H and O–H groups in total. The van der Waals surface area contributed by atoms with Crippen LogP contribution in [0.1, 0.15) is 13.8 Å². The van der Waals surface area contributed by atoms with Crippen LogP contribution in [0.2, 0.25) is 0 Å². The highest BCUT2D eigenvalue weighted by Crippen LogP contribution is 2.28. The molecule has 0 radical (unpaired) electrons. The number of nitrogens with zero attached hydrogens (tertiary/aromatic N) is 1. The summed E-state index contributed by atoms with van der Waals surface area (Å²) in [5, 5.41) is 11.2. The van der Waals surface area contributed by atoms with Gasteiger partial charge in [0.05, 0.1) is 0 Å². The van der Waals surface area contributed by atoms with E-state index in [4.69, 9.17) is 9.90 Å². The van der Waals surface area contributed by atoms with E-state index >= 15 is 0 Å². The minimum absolute atomic E-state index is 0.0725. The number of carbonyl (C=O) groups is 2. The molecule has 1 heterocycles. The maximum atomic E-state index is 12.6. The zero-order valence-corrected chi connectivity index (χ0v) is 15.1. The molecular formula is C21H20N2O4. The number of hydrogen-bond donors (Lipinski definition) is 2. The quantitative estimate of drug-likeness (QED) is 0.692. The number of pyridine rings is 1. The molecule has 0 saturated carbocycles. The van der Waals surface area contributed by atoms with E-state index in [1.165, 1.54) is 6.92 Å². The second-order valence-electron chi connectivity index (χ2n) is 5.86. The molecule has 0 spiro atoms. The number of amides is 1. The third-order valence-electron chi connectivity index (χ3n) is 3.87. The number of anilines is 1. The summed E-state index contributed by atoms with van der Waals surface area (Å²) in [6, 6.07) is 15.2. The number of fused-ring (bicyclic) bond motifs is 1. The molecule has 0 fully saturated rings. The Bertz CT molecular complexity index is 1050. The van der Waals surface area contributed by atoms with Crippen LogP contribution >= 0.6 is 0 Å². The summed E-state index contributed by atoms with van der Waals surface area (Å²) in [7, 11) is 0. The summed E-state index contributed by atoms with van der Waals surface area (Å²) >= 11 is 0. The summed E-state index contributed by atoms with van der Waals surface area (Å²) in [5.74, 6) is -0.103. The number of carboxylic acid groups (broad SMARTS) is 1. The third-order valence-corrected chi connectivity index (χ3v) is 3.87. The smallest absolute Gasteiger partial charge is 0.290 e. The van der Waals surface area contributed by atoms with Gasteiger partial charge in [0, 0.05) is 29.9 Å². The fourth-order valence-electron chi connectivity index (χ4n) is 2.77. The van der Waals surface area contributed by atoms with E-state index in [2.05, 4.69) is 11.9 Å². The summed E-state index contributed by atoms with van der Waals surface area (Å²) in [4.78, 5) is 32.1. The van der Waals surface area contributed by atoms with Crippen molar-refractivity contribution in [1.82, 2.24) is 4.57 Å². The fraction of sp³-hybridized carbons (Fsp3) is 0.0952. The lowest BCUT2D eigenvalue weighted by molar-refractivity contribution is -0.123. The molecule has 0 unspecified atom stereocenters. The van der Waals surface area contributed by atoms with Crippen molar-refractivity contribution >= 4 is 34.5 Å². The first kappa shape index (κ1) is 19.7. The Morgan fingerprint density at radius 2 is 1.70 bits per heavy atom. The van der Waals surface area contributed by atoms with Crippen LogP contribution in [0.15, 0.2) is 66.1 Å². The Morgan fingerprint density at radius 1 is 1.07 bits per heavy atom. The van der Waals surface area contributed by atoms with Gasteiger partial charge in [0.15, 0.2) is 0 Å². The Kier molecular flexibility index (Phi) is 6.27. The van der Waals surface area contributed by atoms with Gasteiger partial charge >= 0.3 is 0 Å². The summed E-state index contributed by atoms with van der Waals surface area (Å²) in [6.07, 6.45) is 1.75. The van der Waals surface area contributed by atoms with E-state index in [1.54, 1.807) is 17.7 Å². The first-order valence-electron chi connectivity index (χ1n) is 8.15. The molecule has 0 atom stereocenters. The number of benzene rings is 2. The summed E-state index contributed by atoms with van der Waals surface area (Å²) in [5.41, 5.74) is 3.33. The number of aromatic nitrogens is 1. The lowest BCUT2D eigenvalue weighted by atomic mass is 9.99. The Balaban J connectivity index is 0.000000817. The van der Waals surface area contributed by atoms with E-state index in [0.29, 0.717) is 11.1 Å². The van der Waals surface area contributed by atoms with Gasteiger partial charge in [-0.25, -0.2) is 0 Å². The first-order chi connectivity index (χ1) is 12.9. The number of allylic oxidation sites excluding steroid dienone is 1. The third kappa shape index (κ3) is 4.49. The molecule has 0 aliphatic carbocycles. The lowest BCUT2D eigenvalue weighted by Crippen LogP contribution is -2.17. The molecule has 1 aromatic heterocycles. The van der Waals surface area contributed by atoms with Crippen molar-refractivity contribution in [3.05, 3.63) is 71.7 Å². The first-order valence-corrected chi connectivity index (χ1v) is 8.15. The molecule has 0 aliphatic rings. The van der Waals surface area contributed by atoms with Crippen molar-refractivity contribution in [2.45, 2.75) is 13.8 Å². The normalized spacial score (nSPS) is 9.85. The number of hydrogen-bond acceptors (Lipinski definition) is 3. The van der Waals surface area contributed by atoms with E-state index in [9.17, 15) is 9.59 Å². The number of rotatable bonds is 3. The molecule has 6 heteroatoms. The van der Waals surface area contributed by atoms with Crippen molar-refractivity contribution in [3.63, 3.8) is 0 Å². The van der Waals surface area contributed by atoms with Crippen molar-refractivity contribution in [1.29, 1.82) is 0 Å². The van der Waals surface area contributed by atoms with Gasteiger partial charge in [-0.3, -0.25) is 19.0 Å². The van der Waals surface area contributed by atoms with Crippen LogP contribution in [0.4, 0.5) is 5.69 Å². The second-order valence-corrected chi connectivity index (χ2v) is 5.86. The molecular weight excluding hydrogens is 344 g/mol. The second kappa shape index (κ2) is 8.62. The molecule has 138 valence electrons. The monoisotopic (exact) mass is 364 g/mol. The molecule has 0 saturated heterocycles. The summed E-state index contributed by atoms with van der Waals surface area (Å²) in [6.45, 7) is 6.87. The lowest BCUT2D eigenvalue weighted by Gasteiger charge is -2.10. The van der Waals surface area contributed by atoms with Crippen LogP contribution in [-0.2, 0) is 9.59 Å². The molecule has 6 nitrogen and oxygen atoms in total. The molecule has 3 aromatic rings. The van der Waals surface area contributed by atoms with Crippen LogP contribution in [-0.4, -0.2) is 22.1 Å². The van der Waals surface area contributed by atoms with Crippen molar-refractivity contribution in [2.24, 2.45) is 0 Å². The largest absolute Gasteiger partial charge is 0.483 e. The van der Waals surface area contributed by atoms with E-state index in [1.807, 2.05) is 48.5 Å². The van der Waals surface area contributed by atoms with Gasteiger partial charge in [0.2, 0.25) is 5.91 Å². The topological polar surface area (TPSA) is 88.4 Å². The van der Waals surface area contributed by atoms with Crippen LogP contribution in [0, 0.1) is 0 Å². The predicted octanol–water partition coefficient (Wildman–Crippen LogP) is 3.82. The molecule has 2 aromatic carbocycles. The summed E-state index contributed by atoms with van der Waals surface area (Å²) < 4.78 is 1.55. The zero-order chi connectivity index (χ0) is 20.0. The van der Waals surface area contributed by atoms with Gasteiger partial charge in [0.1, 0.15) is 0 Å². The van der Waals surface area contributed by atoms with Crippen molar-refractivity contribution < 1.29 is 14.7 Å². The highest BCUT2D eigenvalue weighted by atomic mass is 16.3. The Labute approximate surface area is 156 Å². The van der Waals surface area contributed by atoms with Gasteiger partial charge in [-0.1, -0.05) is 30.8 Å². The van der Waals surface area contributed by atoms with Gasteiger partial charge in [-0.2, -0.15) is 0 Å². The highest BCUT2D eigenvalue weighted by molar-refractivity contribution is 5.97. The van der Waals surface area contributed by atoms with Crippen molar-refractivity contribution in [3.8, 4) is 11.1 Å². The van der Waals surface area contributed by atoms with Gasteiger partial charge < -0.3 is 10.4 Å². The fourth-order valence-corrected chi connectivity index (χ4v) is 2.77. The van der Waals surface area contributed by atoms with E-state index < -0.39 is 0 Å². The van der Waals surface area contributed by atoms with Crippen LogP contribution in [0.25, 0.3) is 27.6 Å². The number of carbonyl (C=O) groups excluding carboxylic acids is 1. The Morgan fingerprint density at radius 3 is 2.26 bits per heavy atom. The minimum Gasteiger partial charge on any atom is -0.483 e. The molecule has 0 bridgehead atoms. The van der Waals surface area contributed by atoms with Crippen LogP contribution in [0.3, 0.4) is 0 Å². The van der Waals surface area contributed by atoms with Gasteiger partial charge in [-0.15, -0.1) is 0 Å². The molecule has 3 rings (SSSR count). The van der Waals surface area contributed by atoms with Gasteiger partial charge in [-0.05, 0) is 47.7 Å². The average molecular weight is 364 g/mol. The molecule has 0 aliphatic heterocycles. The van der Waals surface area contributed by atoms with Crippen LogP contribution < -0.4 is 10.9 Å². The highest BCUT2D eigenvalue weighted by Gasteiger charge is 2.08. The number of nitrogens with one attached hydrogen (secondary N) is 1. The standard InChI is InChI=1S/C20H18N2O2.CH2O2/c1-13(2)22-12-11-18-17(5-4-6-19(18)20(22)24)15-7-9-16(10-8-15)21-14(3)23;2-1-3/h4-12H,1H2,2-3H3,(H,21,23);1H,(H,2,3). The zero-order valence-electron chi connectivity index (χ0n) is 15.1. The van der Waals surface area contributed by atoms with Crippen LogP contribution in [0.5, 0.6) is 0 Å². The minimum atomic E-state index is -0.250. The SMILES string of the molecule is C=C(C)n1ccc2c(-c3ccc(NC(C)=O)cc3)cccc2c1=O.O=CO. The Hall–Kier alpha value is -3.67. The average Bonchev–Trinajstić information content (AvgIpc) is 2.62. The maximum absolute atomic E-state index is 12.6. The molecule has 1 amide bonds. The van der Waals surface area contributed by atoms with Gasteiger partial charge in [0.25, 0.3) is 12.0 Å². The molecule has 27 heavy (non-hydrogen) atoms. The van der Waals surface area contributed by atoms with Crippen molar-refractivity contribution in [2.75, 3.05) is 5.32 Å². The predicted molar refractivity (Wildman–Crippen MR) is 108 cm³/mol. The van der Waals surface area contributed by atoms with E-state index in [-0.39, 0.29) is 17.9 Å².